The maximum absolute atomic E-state index is 8.91. The molecule has 1 N–H and O–H groups in total. The van der Waals surface area contributed by atoms with Crippen molar-refractivity contribution < 1.29 is 14.6 Å². The predicted molar refractivity (Wildman–Crippen MR) is 100 cm³/mol. The van der Waals surface area contributed by atoms with Gasteiger partial charge in [-0.3, -0.25) is 5.04 Å². The number of nitrogens with one attached hydrogen (secondary N) is 1. The van der Waals surface area contributed by atoms with E-state index in [-0.39, 0.29) is 10.9 Å². The van der Waals surface area contributed by atoms with Gasteiger partial charge >= 0.3 is 0 Å². The van der Waals surface area contributed by atoms with Crippen LogP contribution in [0, 0.1) is 0 Å². The zero-order valence-corrected chi connectivity index (χ0v) is 15.3. The van der Waals surface area contributed by atoms with Crippen LogP contribution < -0.4 is 9.98 Å². The Kier molecular flexibility index (Phi) is 9.14. The molecule has 0 aliphatic heterocycles. The second kappa shape index (κ2) is 11.7. The molecule has 0 aliphatic rings. The molecule has 0 radical (unpaired) electrons. The minimum absolute atomic E-state index is 0.0146. The number of hydrogen-bond acceptors (Lipinski definition) is 5. The van der Waals surface area contributed by atoms with Gasteiger partial charge in [0, 0.05) is 0 Å². The molecular formula is C19H19NO3S2. The fourth-order valence-electron chi connectivity index (χ4n) is 2.13. The van der Waals surface area contributed by atoms with Crippen molar-refractivity contribution in [1.29, 1.82) is 0 Å². The second-order valence-corrected chi connectivity index (χ2v) is 7.41. The first kappa shape index (κ1) is 19.5. The molecule has 0 aliphatic carbocycles. The van der Waals surface area contributed by atoms with Gasteiger partial charge in [0.05, 0.1) is 10.9 Å². The van der Waals surface area contributed by atoms with E-state index in [9.17, 15) is 0 Å². The lowest BCUT2D eigenvalue weighted by molar-refractivity contribution is -0.777. The lowest BCUT2D eigenvalue weighted by atomic mass is 10.4. The summed E-state index contributed by atoms with van der Waals surface area (Å²) in [5.74, 6) is 0. The summed E-state index contributed by atoms with van der Waals surface area (Å²) in [6.45, 7) is 0. The van der Waals surface area contributed by atoms with Gasteiger partial charge in [0.2, 0.25) is 0 Å². The van der Waals surface area contributed by atoms with Gasteiger partial charge in [0.25, 0.3) is 0 Å². The van der Waals surface area contributed by atoms with Gasteiger partial charge in [-0.25, -0.2) is 4.72 Å². The van der Waals surface area contributed by atoms with Crippen molar-refractivity contribution in [2.24, 2.45) is 0 Å². The molecule has 3 aromatic rings. The minimum atomic E-state index is -0.0146. The Morgan fingerprint density at radius 1 is 0.720 bits per heavy atom. The van der Waals surface area contributed by atoms with Crippen LogP contribution in [-0.4, -0.2) is 7.05 Å². The number of rotatable bonds is 6. The third kappa shape index (κ3) is 6.55. The van der Waals surface area contributed by atoms with Gasteiger partial charge in [-0.15, -0.1) is 0 Å². The van der Waals surface area contributed by atoms with Crippen LogP contribution >= 0.6 is 12.2 Å². The summed E-state index contributed by atoms with van der Waals surface area (Å²) < 4.78 is 6.17. The molecular weight excluding hydrogens is 354 g/mol. The molecule has 6 heteroatoms. The molecule has 0 heterocycles. The predicted octanol–water partition coefficient (Wildman–Crippen LogP) is 3.77. The van der Waals surface area contributed by atoms with Crippen molar-refractivity contribution in [2.45, 2.75) is 14.7 Å². The topological polar surface area (TPSA) is 53.5 Å². The van der Waals surface area contributed by atoms with Crippen LogP contribution in [0.3, 0.4) is 0 Å². The Balaban J connectivity index is 0.000000326. The molecule has 3 aromatic carbocycles. The van der Waals surface area contributed by atoms with E-state index in [1.165, 1.54) is 14.7 Å². The van der Waals surface area contributed by atoms with Crippen LogP contribution in [0.5, 0.6) is 0 Å². The lowest BCUT2D eigenvalue weighted by Crippen LogP contribution is -2.04. The molecule has 130 valence electrons. The molecule has 0 unspecified atom stereocenters. The Hall–Kier alpha value is -1.80. The molecule has 0 fully saturated rings. The smallest absolute Gasteiger partial charge is 0.166 e. The highest BCUT2D eigenvalue weighted by Gasteiger charge is 2.27. The van der Waals surface area contributed by atoms with Crippen LogP contribution in [0.4, 0.5) is 0 Å². The largest absolute Gasteiger partial charge is 0.691 e. The highest BCUT2D eigenvalue weighted by atomic mass is 32.2. The van der Waals surface area contributed by atoms with E-state index in [0.29, 0.717) is 0 Å². The molecule has 3 rings (SSSR count). The van der Waals surface area contributed by atoms with Gasteiger partial charge < -0.3 is 5.26 Å². The van der Waals surface area contributed by atoms with Gasteiger partial charge in [0.15, 0.2) is 14.7 Å². The van der Waals surface area contributed by atoms with E-state index in [2.05, 4.69) is 105 Å². The molecule has 0 saturated carbocycles. The monoisotopic (exact) mass is 373 g/mol. The minimum Gasteiger partial charge on any atom is -0.691 e. The summed E-state index contributed by atoms with van der Waals surface area (Å²) in [7, 11) is 1.59. The van der Waals surface area contributed by atoms with Crippen molar-refractivity contribution in [2.75, 3.05) is 7.05 Å². The summed E-state index contributed by atoms with van der Waals surface area (Å²) in [5.41, 5.74) is 0. The van der Waals surface area contributed by atoms with E-state index < -0.39 is 0 Å². The summed E-state index contributed by atoms with van der Waals surface area (Å²) >= 11 is 0.723. The first-order chi connectivity index (χ1) is 12.4. The van der Waals surface area contributed by atoms with Crippen LogP contribution in [0.1, 0.15) is 0 Å². The van der Waals surface area contributed by atoms with E-state index in [1.807, 2.05) is 0 Å². The Labute approximate surface area is 155 Å². The first-order valence-corrected chi connectivity index (χ1v) is 9.51. The zero-order valence-electron chi connectivity index (χ0n) is 13.7. The third-order valence-corrected chi connectivity index (χ3v) is 5.60. The van der Waals surface area contributed by atoms with Crippen LogP contribution in [0.25, 0.3) is 0 Å². The van der Waals surface area contributed by atoms with Gasteiger partial charge in [-0.2, -0.15) is 4.33 Å². The van der Waals surface area contributed by atoms with Crippen LogP contribution in [0.15, 0.2) is 106 Å². The Morgan fingerprint density at radius 2 is 1.08 bits per heavy atom. The second-order valence-electron chi connectivity index (χ2n) is 4.67. The van der Waals surface area contributed by atoms with Crippen LogP contribution in [0.2, 0.25) is 0 Å². The van der Waals surface area contributed by atoms with E-state index in [0.717, 1.165) is 12.2 Å². The van der Waals surface area contributed by atoms with Crippen molar-refractivity contribution in [3.8, 4) is 0 Å². The third-order valence-electron chi connectivity index (χ3n) is 3.08. The summed E-state index contributed by atoms with van der Waals surface area (Å²) in [5, 5.41) is 11.8. The lowest BCUT2D eigenvalue weighted by Gasteiger charge is -2.07. The van der Waals surface area contributed by atoms with Crippen molar-refractivity contribution in [3.05, 3.63) is 91.0 Å². The summed E-state index contributed by atoms with van der Waals surface area (Å²) in [6, 6.07) is 32.2. The van der Waals surface area contributed by atoms with Crippen molar-refractivity contribution in [3.63, 3.8) is 0 Å². The average molecular weight is 373 g/mol. The van der Waals surface area contributed by atoms with Crippen LogP contribution in [-0.2, 0) is 20.3 Å². The SMILES string of the molecule is CNSOO[O-].c1ccc([S+](c2ccccc2)c2ccccc2)cc1. The summed E-state index contributed by atoms with van der Waals surface area (Å²) in [4.78, 5) is 4.08. The van der Waals surface area contributed by atoms with Gasteiger partial charge in [0.1, 0.15) is 12.2 Å². The molecule has 0 bridgehead atoms. The number of benzene rings is 3. The molecule has 0 saturated heterocycles. The molecule has 25 heavy (non-hydrogen) atoms. The fraction of sp³-hybridized carbons (Fsp3) is 0.0526. The highest BCUT2D eigenvalue weighted by Crippen LogP contribution is 2.30. The molecule has 4 nitrogen and oxygen atoms in total. The zero-order chi connectivity index (χ0) is 17.7. The quantitative estimate of drug-likeness (QED) is 0.178. The van der Waals surface area contributed by atoms with E-state index >= 15 is 0 Å². The maximum atomic E-state index is 8.91. The van der Waals surface area contributed by atoms with E-state index in [4.69, 9.17) is 5.26 Å². The first-order valence-electron chi connectivity index (χ1n) is 7.55. The van der Waals surface area contributed by atoms with Gasteiger partial charge in [-0.05, 0) is 43.4 Å². The highest BCUT2D eigenvalue weighted by molar-refractivity contribution is 7.97. The Morgan fingerprint density at radius 3 is 1.32 bits per heavy atom. The number of hydrogen-bond donors (Lipinski definition) is 1. The standard InChI is InChI=1S/C18H15S.CH5NO3S/c1-4-10-16(11-5-1)19(17-12-6-2-7-13-17)18-14-8-3-9-15-18;1-2-6-5-4-3/h1-15H;2-3H,1H3/q+1;/p-1. The Bertz CT molecular complexity index is 602. The van der Waals surface area contributed by atoms with Gasteiger partial charge in [-0.1, -0.05) is 54.6 Å². The fourth-order valence-corrected chi connectivity index (χ4v) is 4.33. The molecule has 0 atom stereocenters. The summed E-state index contributed by atoms with van der Waals surface area (Å²) in [6.07, 6.45) is 0. The molecule has 0 aromatic heterocycles. The van der Waals surface area contributed by atoms with Crippen molar-refractivity contribution in [1.82, 2.24) is 4.72 Å². The average Bonchev–Trinajstić information content (AvgIpc) is 2.70. The van der Waals surface area contributed by atoms with E-state index in [1.54, 1.807) is 7.05 Å². The molecule has 0 spiro atoms. The van der Waals surface area contributed by atoms with Crippen molar-refractivity contribution >= 4 is 23.1 Å². The maximum Gasteiger partial charge on any atom is 0.166 e. The molecule has 0 amide bonds. The normalized spacial score (nSPS) is 10.2.